The van der Waals surface area contributed by atoms with E-state index in [0.717, 1.165) is 35.2 Å². The fraction of sp³-hybridized carbons (Fsp3) is 0.190. The number of aromatic carboxylic acids is 1. The number of carboxylic acid groups (broad SMARTS) is 1. The number of aromatic nitrogens is 4. The first kappa shape index (κ1) is 18.0. The summed E-state index contributed by atoms with van der Waals surface area (Å²) in [6.45, 7) is 1.75. The van der Waals surface area contributed by atoms with Crippen LogP contribution in [0.3, 0.4) is 0 Å². The first-order valence-electron chi connectivity index (χ1n) is 9.56. The molecule has 30 heavy (non-hydrogen) atoms. The minimum Gasteiger partial charge on any atom is -0.475 e. The number of carboxylic acids is 1. The SMILES string of the molecule is Cc1c(C(=O)O)oc2c1/C(=N\Nc1ncnc3c1cnn3-c1ccccc1)CCC2. The molecule has 150 valence electrons. The van der Waals surface area contributed by atoms with Crippen LogP contribution in [0.25, 0.3) is 16.7 Å². The van der Waals surface area contributed by atoms with E-state index in [2.05, 4.69) is 25.6 Å². The average molecular weight is 402 g/mol. The van der Waals surface area contributed by atoms with E-state index in [0.29, 0.717) is 29.2 Å². The van der Waals surface area contributed by atoms with Crippen LogP contribution < -0.4 is 5.43 Å². The summed E-state index contributed by atoms with van der Waals surface area (Å²) in [7, 11) is 0. The van der Waals surface area contributed by atoms with Gasteiger partial charge >= 0.3 is 5.97 Å². The van der Waals surface area contributed by atoms with Crippen LogP contribution in [0, 0.1) is 6.92 Å². The fourth-order valence-corrected chi connectivity index (χ4v) is 3.80. The highest BCUT2D eigenvalue weighted by Crippen LogP contribution is 2.30. The standard InChI is InChI=1S/C21H18N6O3/c1-12-17-15(8-5-9-16(17)30-18(12)21(28)29)25-26-19-14-10-24-27(20(14)23-11-22-19)13-6-3-2-4-7-13/h2-4,6-7,10-11H,5,8-9H2,1H3,(H,28,29)(H,22,23,26)/b25-15-. The van der Waals surface area contributed by atoms with E-state index in [1.165, 1.54) is 6.33 Å². The molecule has 0 fully saturated rings. The van der Waals surface area contributed by atoms with Gasteiger partial charge < -0.3 is 9.52 Å². The number of hydrogen-bond acceptors (Lipinski definition) is 7. The lowest BCUT2D eigenvalue weighted by Crippen LogP contribution is -2.13. The Morgan fingerprint density at radius 1 is 1.23 bits per heavy atom. The van der Waals surface area contributed by atoms with Gasteiger partial charge in [-0.05, 0) is 31.9 Å². The number of rotatable bonds is 4. The topological polar surface area (TPSA) is 118 Å². The molecule has 0 saturated carbocycles. The summed E-state index contributed by atoms with van der Waals surface area (Å²) in [5.41, 5.74) is 6.72. The van der Waals surface area contributed by atoms with Gasteiger partial charge in [-0.2, -0.15) is 10.2 Å². The minimum absolute atomic E-state index is 0.0248. The first-order valence-corrected chi connectivity index (χ1v) is 9.56. The summed E-state index contributed by atoms with van der Waals surface area (Å²) in [6, 6.07) is 9.72. The van der Waals surface area contributed by atoms with Crippen molar-refractivity contribution in [2.75, 3.05) is 5.43 Å². The van der Waals surface area contributed by atoms with E-state index in [-0.39, 0.29) is 5.76 Å². The molecule has 5 rings (SSSR count). The van der Waals surface area contributed by atoms with Gasteiger partial charge in [-0.3, -0.25) is 5.43 Å². The number of fused-ring (bicyclic) bond motifs is 2. The molecule has 0 aliphatic heterocycles. The molecule has 0 bridgehead atoms. The number of hydrogen-bond donors (Lipinski definition) is 2. The number of carbonyl (C=O) groups is 1. The lowest BCUT2D eigenvalue weighted by Gasteiger charge is -2.13. The third-order valence-electron chi connectivity index (χ3n) is 5.18. The molecule has 0 unspecified atom stereocenters. The Bertz CT molecular complexity index is 1290. The Labute approximate surface area is 171 Å². The van der Waals surface area contributed by atoms with Gasteiger partial charge in [0.1, 0.15) is 12.1 Å². The Kier molecular flexibility index (Phi) is 4.27. The lowest BCUT2D eigenvalue weighted by molar-refractivity contribution is 0.0659. The molecule has 4 aromatic rings. The van der Waals surface area contributed by atoms with E-state index in [9.17, 15) is 9.90 Å². The third-order valence-corrected chi connectivity index (χ3v) is 5.18. The van der Waals surface area contributed by atoms with Crippen molar-refractivity contribution < 1.29 is 14.3 Å². The lowest BCUT2D eigenvalue weighted by atomic mass is 9.93. The number of benzene rings is 1. The number of aryl methyl sites for hydroxylation is 1. The van der Waals surface area contributed by atoms with Crippen molar-refractivity contribution in [3.63, 3.8) is 0 Å². The number of furan rings is 1. The predicted molar refractivity (Wildman–Crippen MR) is 110 cm³/mol. The molecule has 1 aromatic carbocycles. The highest BCUT2D eigenvalue weighted by molar-refractivity contribution is 6.06. The maximum Gasteiger partial charge on any atom is 0.372 e. The largest absolute Gasteiger partial charge is 0.475 e. The Morgan fingerprint density at radius 2 is 2.07 bits per heavy atom. The van der Waals surface area contributed by atoms with E-state index in [1.807, 2.05) is 30.3 Å². The second-order valence-electron chi connectivity index (χ2n) is 7.03. The van der Waals surface area contributed by atoms with Gasteiger partial charge in [0.2, 0.25) is 5.76 Å². The molecule has 3 heterocycles. The maximum absolute atomic E-state index is 11.4. The van der Waals surface area contributed by atoms with Crippen molar-refractivity contribution in [1.82, 2.24) is 19.7 Å². The molecule has 0 radical (unpaired) electrons. The molecular formula is C21H18N6O3. The van der Waals surface area contributed by atoms with Crippen LogP contribution >= 0.6 is 0 Å². The number of nitrogens with zero attached hydrogens (tertiary/aromatic N) is 5. The molecule has 0 amide bonds. The van der Waals surface area contributed by atoms with Crippen molar-refractivity contribution in [3.8, 4) is 5.69 Å². The Hall–Kier alpha value is -4.01. The summed E-state index contributed by atoms with van der Waals surface area (Å²) in [5.74, 6) is 0.103. The van der Waals surface area contributed by atoms with Crippen LogP contribution in [-0.4, -0.2) is 36.5 Å². The second-order valence-corrected chi connectivity index (χ2v) is 7.03. The van der Waals surface area contributed by atoms with Gasteiger partial charge in [-0.25, -0.2) is 19.4 Å². The molecule has 9 heteroatoms. The molecule has 0 spiro atoms. The summed E-state index contributed by atoms with van der Waals surface area (Å²) >= 11 is 0. The number of nitrogens with one attached hydrogen (secondary N) is 1. The highest BCUT2D eigenvalue weighted by atomic mass is 16.4. The van der Waals surface area contributed by atoms with E-state index >= 15 is 0 Å². The van der Waals surface area contributed by atoms with Gasteiger partial charge in [0.05, 0.1) is 23.0 Å². The normalized spacial score (nSPS) is 14.8. The predicted octanol–water partition coefficient (Wildman–Crippen LogP) is 3.57. The van der Waals surface area contributed by atoms with Crippen LogP contribution in [0.1, 0.15) is 40.3 Å². The first-order chi connectivity index (χ1) is 14.6. The number of hydrazone groups is 1. The van der Waals surface area contributed by atoms with Crippen LogP contribution in [0.5, 0.6) is 0 Å². The zero-order valence-electron chi connectivity index (χ0n) is 16.2. The van der Waals surface area contributed by atoms with Crippen molar-refractivity contribution in [3.05, 3.63) is 65.5 Å². The summed E-state index contributed by atoms with van der Waals surface area (Å²) in [5, 5.41) is 19.1. The minimum atomic E-state index is -1.07. The summed E-state index contributed by atoms with van der Waals surface area (Å²) in [4.78, 5) is 20.1. The quantitative estimate of drug-likeness (QED) is 0.501. The smallest absolute Gasteiger partial charge is 0.372 e. The van der Waals surface area contributed by atoms with Gasteiger partial charge in [0.15, 0.2) is 11.5 Å². The third kappa shape index (κ3) is 2.91. The number of para-hydroxylation sites is 1. The van der Waals surface area contributed by atoms with Crippen molar-refractivity contribution >= 4 is 28.5 Å². The molecule has 1 aliphatic rings. The van der Waals surface area contributed by atoms with Gasteiger partial charge in [0, 0.05) is 17.5 Å². The zero-order chi connectivity index (χ0) is 20.7. The molecule has 3 aromatic heterocycles. The summed E-state index contributed by atoms with van der Waals surface area (Å²) in [6.07, 6.45) is 5.42. The fourth-order valence-electron chi connectivity index (χ4n) is 3.80. The molecule has 9 nitrogen and oxygen atoms in total. The zero-order valence-corrected chi connectivity index (χ0v) is 16.2. The summed E-state index contributed by atoms with van der Waals surface area (Å²) < 4.78 is 7.30. The highest BCUT2D eigenvalue weighted by Gasteiger charge is 2.27. The second kappa shape index (κ2) is 7.11. The van der Waals surface area contributed by atoms with E-state index in [1.54, 1.807) is 17.8 Å². The maximum atomic E-state index is 11.4. The molecular weight excluding hydrogens is 384 g/mol. The van der Waals surface area contributed by atoms with Gasteiger partial charge in [-0.15, -0.1) is 0 Å². The van der Waals surface area contributed by atoms with Crippen LogP contribution in [0.4, 0.5) is 5.82 Å². The van der Waals surface area contributed by atoms with Crippen molar-refractivity contribution in [1.29, 1.82) is 0 Å². The Balaban J connectivity index is 1.52. The van der Waals surface area contributed by atoms with E-state index in [4.69, 9.17) is 4.42 Å². The van der Waals surface area contributed by atoms with Crippen molar-refractivity contribution in [2.24, 2.45) is 5.10 Å². The van der Waals surface area contributed by atoms with Gasteiger partial charge in [-0.1, -0.05) is 18.2 Å². The molecule has 0 saturated heterocycles. The van der Waals surface area contributed by atoms with Crippen LogP contribution in [-0.2, 0) is 6.42 Å². The molecule has 1 aliphatic carbocycles. The van der Waals surface area contributed by atoms with E-state index < -0.39 is 5.97 Å². The Morgan fingerprint density at radius 3 is 2.87 bits per heavy atom. The van der Waals surface area contributed by atoms with Gasteiger partial charge in [0.25, 0.3) is 0 Å². The average Bonchev–Trinajstić information content (AvgIpc) is 3.35. The molecule has 0 atom stereocenters. The monoisotopic (exact) mass is 402 g/mol. The van der Waals surface area contributed by atoms with Crippen LogP contribution in [0.15, 0.2) is 52.4 Å². The molecule has 2 N–H and O–H groups in total. The van der Waals surface area contributed by atoms with Crippen molar-refractivity contribution in [2.45, 2.75) is 26.2 Å². The number of anilines is 1. The van der Waals surface area contributed by atoms with Crippen LogP contribution in [0.2, 0.25) is 0 Å².